The Bertz CT molecular complexity index is 1120. The zero-order valence-corrected chi connectivity index (χ0v) is 17.9. The number of para-hydroxylation sites is 1. The molecule has 2 aliphatic heterocycles. The molecule has 0 bridgehead atoms. The lowest BCUT2D eigenvalue weighted by atomic mass is 10.1. The van der Waals surface area contributed by atoms with Crippen LogP contribution in [0.3, 0.4) is 0 Å². The highest BCUT2D eigenvalue weighted by atomic mass is 35.5. The number of piperazine rings is 1. The highest BCUT2D eigenvalue weighted by Gasteiger charge is 2.39. The fraction of sp³-hybridized carbons (Fsp3) is 0.348. The van der Waals surface area contributed by atoms with Gasteiger partial charge in [-0.3, -0.25) is 24.5 Å². The first-order valence-electron chi connectivity index (χ1n) is 10.6. The van der Waals surface area contributed by atoms with Crippen molar-refractivity contribution in [1.82, 2.24) is 20.0 Å². The number of hydrogen-bond donors (Lipinski definition) is 1. The van der Waals surface area contributed by atoms with E-state index in [1.165, 1.54) is 0 Å². The van der Waals surface area contributed by atoms with Crippen LogP contribution in [0.1, 0.15) is 12.0 Å². The second-order valence-corrected chi connectivity index (χ2v) is 8.60. The van der Waals surface area contributed by atoms with Crippen LogP contribution in [0.25, 0.3) is 10.9 Å². The number of halogens is 1. The lowest BCUT2D eigenvalue weighted by Crippen LogP contribution is -2.50. The lowest BCUT2D eigenvalue weighted by molar-refractivity contribution is -0.137. The fourth-order valence-corrected chi connectivity index (χ4v) is 4.68. The molecule has 0 spiro atoms. The van der Waals surface area contributed by atoms with E-state index in [4.69, 9.17) is 11.6 Å². The fourth-order valence-electron chi connectivity index (χ4n) is 4.48. The number of fused-ring (bicyclic) bond motifs is 1. The SMILES string of the molecule is O=C([C@H]1CC(=O)N(c2n[nH]c3ccccc23)C1)N1CCN(Cc2ccccc2Cl)CC1. The van der Waals surface area contributed by atoms with Gasteiger partial charge >= 0.3 is 0 Å². The average molecular weight is 438 g/mol. The number of anilines is 1. The van der Waals surface area contributed by atoms with Gasteiger partial charge in [0.1, 0.15) is 0 Å². The summed E-state index contributed by atoms with van der Waals surface area (Å²) in [5.74, 6) is 0.305. The molecule has 160 valence electrons. The molecule has 7 nitrogen and oxygen atoms in total. The Hall–Kier alpha value is -2.90. The number of aromatic amines is 1. The van der Waals surface area contributed by atoms with Crippen LogP contribution in [0.15, 0.2) is 48.5 Å². The van der Waals surface area contributed by atoms with Crippen molar-refractivity contribution in [2.24, 2.45) is 5.92 Å². The van der Waals surface area contributed by atoms with Crippen LogP contribution in [0, 0.1) is 5.92 Å². The van der Waals surface area contributed by atoms with Gasteiger partial charge in [-0.15, -0.1) is 0 Å². The maximum absolute atomic E-state index is 13.1. The van der Waals surface area contributed by atoms with E-state index >= 15 is 0 Å². The van der Waals surface area contributed by atoms with Crippen LogP contribution in [0.4, 0.5) is 5.82 Å². The predicted molar refractivity (Wildman–Crippen MR) is 120 cm³/mol. The molecule has 5 rings (SSSR count). The number of amides is 2. The van der Waals surface area contributed by atoms with Crippen LogP contribution in [0.2, 0.25) is 5.02 Å². The Balaban J connectivity index is 1.21. The molecule has 8 heteroatoms. The highest BCUT2D eigenvalue weighted by molar-refractivity contribution is 6.31. The number of H-pyrrole nitrogens is 1. The first-order valence-corrected chi connectivity index (χ1v) is 11.0. The van der Waals surface area contributed by atoms with Gasteiger partial charge in [0.25, 0.3) is 0 Å². The van der Waals surface area contributed by atoms with Gasteiger partial charge in [-0.05, 0) is 23.8 Å². The van der Waals surface area contributed by atoms with Crippen LogP contribution < -0.4 is 4.90 Å². The van der Waals surface area contributed by atoms with Gasteiger partial charge in [0, 0.05) is 56.1 Å². The van der Waals surface area contributed by atoms with E-state index in [-0.39, 0.29) is 24.2 Å². The van der Waals surface area contributed by atoms with Gasteiger partial charge in [-0.2, -0.15) is 5.10 Å². The maximum Gasteiger partial charge on any atom is 0.229 e. The number of rotatable bonds is 4. The molecule has 1 N–H and O–H groups in total. The molecule has 2 amide bonds. The van der Waals surface area contributed by atoms with Crippen LogP contribution in [-0.4, -0.2) is 64.5 Å². The van der Waals surface area contributed by atoms with E-state index in [1.807, 2.05) is 53.4 Å². The monoisotopic (exact) mass is 437 g/mol. The summed E-state index contributed by atoms with van der Waals surface area (Å²) in [5.41, 5.74) is 1.99. The quantitative estimate of drug-likeness (QED) is 0.681. The highest BCUT2D eigenvalue weighted by Crippen LogP contribution is 2.30. The van der Waals surface area contributed by atoms with E-state index < -0.39 is 0 Å². The number of nitrogens with one attached hydrogen (secondary N) is 1. The molecule has 3 aromatic rings. The minimum atomic E-state index is -0.321. The van der Waals surface area contributed by atoms with Crippen molar-refractivity contribution in [3.05, 3.63) is 59.1 Å². The predicted octanol–water partition coefficient (Wildman–Crippen LogP) is 2.91. The van der Waals surface area contributed by atoms with Crippen LogP contribution >= 0.6 is 11.6 Å². The van der Waals surface area contributed by atoms with Crippen molar-refractivity contribution < 1.29 is 9.59 Å². The molecule has 0 aliphatic carbocycles. The number of aromatic nitrogens is 2. The van der Waals surface area contributed by atoms with Gasteiger partial charge in [-0.25, -0.2) is 0 Å². The van der Waals surface area contributed by atoms with Crippen LogP contribution in [0.5, 0.6) is 0 Å². The van der Waals surface area contributed by atoms with E-state index in [1.54, 1.807) is 4.90 Å². The molecule has 2 saturated heterocycles. The van der Waals surface area contributed by atoms with E-state index in [0.717, 1.165) is 41.1 Å². The smallest absolute Gasteiger partial charge is 0.229 e. The molecule has 2 aromatic carbocycles. The summed E-state index contributed by atoms with van der Waals surface area (Å²) >= 11 is 6.28. The maximum atomic E-state index is 13.1. The van der Waals surface area contributed by atoms with Crippen molar-refractivity contribution in [3.8, 4) is 0 Å². The average Bonchev–Trinajstić information content (AvgIpc) is 3.38. The van der Waals surface area contributed by atoms with Crippen molar-refractivity contribution in [1.29, 1.82) is 0 Å². The molecule has 0 saturated carbocycles. The molecule has 31 heavy (non-hydrogen) atoms. The molecule has 3 heterocycles. The molecular formula is C23H24ClN5O2. The van der Waals surface area contributed by atoms with Crippen molar-refractivity contribution in [2.75, 3.05) is 37.6 Å². The zero-order valence-electron chi connectivity index (χ0n) is 17.1. The molecule has 1 aromatic heterocycles. The minimum absolute atomic E-state index is 0.0482. The van der Waals surface area contributed by atoms with Crippen molar-refractivity contribution >= 4 is 40.1 Å². The van der Waals surface area contributed by atoms with Gasteiger partial charge in [0.2, 0.25) is 11.8 Å². The van der Waals surface area contributed by atoms with E-state index in [9.17, 15) is 9.59 Å². The number of hydrogen-bond acceptors (Lipinski definition) is 4. The Morgan fingerprint density at radius 2 is 1.81 bits per heavy atom. The number of carbonyl (C=O) groups is 2. The second kappa shape index (κ2) is 8.32. The van der Waals surface area contributed by atoms with Gasteiger partial charge in [0.15, 0.2) is 5.82 Å². The summed E-state index contributed by atoms with van der Waals surface area (Å²) < 4.78 is 0. The molecule has 0 unspecified atom stereocenters. The number of carbonyl (C=O) groups excluding carboxylic acids is 2. The standard InChI is InChI=1S/C23H24ClN5O2/c24-19-7-3-1-5-16(19)14-27-9-11-28(12-10-27)23(31)17-13-21(30)29(15-17)22-18-6-2-4-8-20(18)25-26-22/h1-8,17H,9-15H2,(H,25,26)/t17-/m0/s1. The molecule has 0 radical (unpaired) electrons. The Labute approximate surface area is 185 Å². The summed E-state index contributed by atoms with van der Waals surface area (Å²) in [6, 6.07) is 15.6. The molecule has 2 fully saturated rings. The minimum Gasteiger partial charge on any atom is -0.340 e. The Kier molecular flexibility index (Phi) is 5.38. The third-order valence-electron chi connectivity index (χ3n) is 6.22. The molecule has 2 aliphatic rings. The topological polar surface area (TPSA) is 72.5 Å². The summed E-state index contributed by atoms with van der Waals surface area (Å²) in [4.78, 5) is 31.7. The van der Waals surface area contributed by atoms with E-state index in [2.05, 4.69) is 15.1 Å². The lowest BCUT2D eigenvalue weighted by Gasteiger charge is -2.36. The third kappa shape index (κ3) is 3.91. The van der Waals surface area contributed by atoms with Gasteiger partial charge < -0.3 is 4.90 Å². The third-order valence-corrected chi connectivity index (χ3v) is 6.58. The first kappa shape index (κ1) is 20.0. The van der Waals surface area contributed by atoms with Gasteiger partial charge in [0.05, 0.1) is 11.4 Å². The summed E-state index contributed by atoms with van der Waals surface area (Å²) in [5, 5.41) is 8.97. The van der Waals surface area contributed by atoms with Gasteiger partial charge in [-0.1, -0.05) is 41.9 Å². The summed E-state index contributed by atoms with van der Waals surface area (Å²) in [6.07, 6.45) is 0.236. The van der Waals surface area contributed by atoms with Crippen molar-refractivity contribution in [2.45, 2.75) is 13.0 Å². The Morgan fingerprint density at radius 3 is 2.61 bits per heavy atom. The van der Waals surface area contributed by atoms with Crippen LogP contribution in [-0.2, 0) is 16.1 Å². The largest absolute Gasteiger partial charge is 0.340 e. The second-order valence-electron chi connectivity index (χ2n) is 8.19. The zero-order chi connectivity index (χ0) is 21.4. The molecular weight excluding hydrogens is 414 g/mol. The molecule has 1 atom stereocenters. The summed E-state index contributed by atoms with van der Waals surface area (Å²) in [6.45, 7) is 4.09. The Morgan fingerprint density at radius 1 is 1.06 bits per heavy atom. The van der Waals surface area contributed by atoms with Crippen molar-refractivity contribution in [3.63, 3.8) is 0 Å². The normalized spacial score (nSPS) is 20.0. The first-order chi connectivity index (χ1) is 15.1. The number of benzene rings is 2. The number of nitrogens with zero attached hydrogens (tertiary/aromatic N) is 4. The van der Waals surface area contributed by atoms with E-state index in [0.29, 0.717) is 25.5 Å². The summed E-state index contributed by atoms with van der Waals surface area (Å²) in [7, 11) is 0.